The van der Waals surface area contributed by atoms with Gasteiger partial charge >= 0.3 is 0 Å². The lowest BCUT2D eigenvalue weighted by Crippen LogP contribution is -2.96. The molecule has 0 aliphatic carbocycles. The van der Waals surface area contributed by atoms with Crippen LogP contribution in [0.1, 0.15) is 52.7 Å². The average Bonchev–Trinajstić information content (AvgIpc) is 2.24. The first-order valence-electron chi connectivity index (χ1n) is 6.77. The smallest absolute Gasteiger partial charge is 0.128 e. The van der Waals surface area contributed by atoms with Gasteiger partial charge in [-0.15, -0.1) is 0 Å². The lowest BCUT2D eigenvalue weighted by Gasteiger charge is -2.31. The van der Waals surface area contributed by atoms with Gasteiger partial charge in [0, 0.05) is 6.42 Å². The lowest BCUT2D eigenvalue weighted by atomic mass is 9.81. The van der Waals surface area contributed by atoms with Crippen molar-refractivity contribution in [3.8, 4) is 0 Å². The molecule has 1 atom stereocenters. The third kappa shape index (κ3) is 5.65. The van der Waals surface area contributed by atoms with E-state index in [9.17, 15) is 5.11 Å². The maximum absolute atomic E-state index is 10.2. The fourth-order valence-corrected chi connectivity index (χ4v) is 2.68. The Morgan fingerprint density at radius 2 is 1.61 bits per heavy atom. The van der Waals surface area contributed by atoms with Crippen molar-refractivity contribution in [2.45, 2.75) is 52.7 Å². The van der Waals surface area contributed by atoms with E-state index in [1.807, 2.05) is 30.3 Å². The molecule has 102 valence electrons. The molecule has 0 radical (unpaired) electrons. The van der Waals surface area contributed by atoms with Gasteiger partial charge in [0.1, 0.15) is 12.6 Å². The van der Waals surface area contributed by atoms with E-state index >= 15 is 0 Å². The molecule has 0 saturated carbocycles. The molecular weight excluding hydrogens is 222 g/mol. The standard InChI is InChI=1S/C16H27NO/c1-15(2,3)12-16(4,5)17-11-14(18)13-9-7-6-8-10-13/h6-10,14,17-18H,11-12H2,1-5H3/p+1/t14-/m0/s1. The van der Waals surface area contributed by atoms with Gasteiger partial charge in [0.05, 0.1) is 5.54 Å². The number of nitrogens with two attached hydrogens (primary N) is 1. The van der Waals surface area contributed by atoms with Gasteiger partial charge in [0.2, 0.25) is 0 Å². The molecule has 2 nitrogen and oxygen atoms in total. The summed E-state index contributed by atoms with van der Waals surface area (Å²) >= 11 is 0. The molecule has 0 bridgehead atoms. The third-order valence-electron chi connectivity index (χ3n) is 3.06. The van der Waals surface area contributed by atoms with Crippen molar-refractivity contribution in [2.75, 3.05) is 6.54 Å². The van der Waals surface area contributed by atoms with Crippen molar-refractivity contribution in [3.63, 3.8) is 0 Å². The first kappa shape index (κ1) is 15.2. The van der Waals surface area contributed by atoms with Crippen LogP contribution < -0.4 is 5.32 Å². The molecule has 0 heterocycles. The number of rotatable bonds is 5. The van der Waals surface area contributed by atoms with Gasteiger partial charge in [-0.1, -0.05) is 51.1 Å². The van der Waals surface area contributed by atoms with Gasteiger partial charge in [-0.3, -0.25) is 0 Å². The van der Waals surface area contributed by atoms with Gasteiger partial charge in [-0.2, -0.15) is 0 Å². The second-order valence-electron chi connectivity index (χ2n) is 7.09. The normalized spacial score (nSPS) is 14.6. The Hall–Kier alpha value is -0.860. The van der Waals surface area contributed by atoms with Crippen LogP contribution in [0.5, 0.6) is 0 Å². The molecule has 0 unspecified atom stereocenters. The van der Waals surface area contributed by atoms with E-state index in [1.165, 1.54) is 0 Å². The average molecular weight is 250 g/mol. The van der Waals surface area contributed by atoms with Crippen LogP contribution in [-0.4, -0.2) is 17.2 Å². The summed E-state index contributed by atoms with van der Waals surface area (Å²) in [5.41, 5.74) is 1.48. The Kier molecular flexibility index (Phi) is 4.94. The summed E-state index contributed by atoms with van der Waals surface area (Å²) in [6.07, 6.45) is 0.743. The van der Waals surface area contributed by atoms with Crippen molar-refractivity contribution >= 4 is 0 Å². The van der Waals surface area contributed by atoms with Crippen LogP contribution in [-0.2, 0) is 0 Å². The second kappa shape index (κ2) is 5.85. The van der Waals surface area contributed by atoms with Crippen LogP contribution in [0.4, 0.5) is 0 Å². The first-order valence-corrected chi connectivity index (χ1v) is 6.77. The highest BCUT2D eigenvalue weighted by Crippen LogP contribution is 2.24. The number of quaternary nitrogens is 1. The number of hydrogen-bond acceptors (Lipinski definition) is 1. The number of benzene rings is 1. The lowest BCUT2D eigenvalue weighted by molar-refractivity contribution is -0.728. The Labute approximate surface area is 111 Å². The fourth-order valence-electron chi connectivity index (χ4n) is 2.68. The van der Waals surface area contributed by atoms with Crippen molar-refractivity contribution in [1.29, 1.82) is 0 Å². The zero-order valence-electron chi connectivity index (χ0n) is 12.4. The monoisotopic (exact) mass is 250 g/mol. The number of aliphatic hydroxyl groups is 1. The van der Waals surface area contributed by atoms with Crippen LogP contribution in [0.25, 0.3) is 0 Å². The Morgan fingerprint density at radius 1 is 1.06 bits per heavy atom. The van der Waals surface area contributed by atoms with E-state index < -0.39 is 0 Å². The van der Waals surface area contributed by atoms with Crippen LogP contribution in [0, 0.1) is 5.41 Å². The number of aliphatic hydroxyl groups excluding tert-OH is 1. The molecule has 18 heavy (non-hydrogen) atoms. The highest BCUT2D eigenvalue weighted by atomic mass is 16.3. The quantitative estimate of drug-likeness (QED) is 0.827. The van der Waals surface area contributed by atoms with Crippen molar-refractivity contribution < 1.29 is 10.4 Å². The second-order valence-corrected chi connectivity index (χ2v) is 7.09. The van der Waals surface area contributed by atoms with Gasteiger partial charge < -0.3 is 10.4 Å². The molecule has 0 saturated heterocycles. The molecule has 1 rings (SSSR count). The molecule has 1 aromatic rings. The number of hydrogen-bond donors (Lipinski definition) is 2. The minimum absolute atomic E-state index is 0.161. The molecule has 0 aliphatic rings. The van der Waals surface area contributed by atoms with Crippen LogP contribution in [0.2, 0.25) is 0 Å². The summed E-state index contributed by atoms with van der Waals surface area (Å²) in [6, 6.07) is 9.88. The highest BCUT2D eigenvalue weighted by molar-refractivity contribution is 5.17. The summed E-state index contributed by atoms with van der Waals surface area (Å²) in [5, 5.41) is 12.4. The molecule has 2 heteroatoms. The van der Waals surface area contributed by atoms with Gasteiger partial charge in [-0.25, -0.2) is 0 Å². The van der Waals surface area contributed by atoms with Crippen LogP contribution >= 0.6 is 0 Å². The maximum Gasteiger partial charge on any atom is 0.128 e. The van der Waals surface area contributed by atoms with Crippen LogP contribution in [0.3, 0.4) is 0 Å². The minimum atomic E-state index is -0.384. The molecule has 0 fully saturated rings. The fraction of sp³-hybridized carbons (Fsp3) is 0.625. The summed E-state index contributed by atoms with van der Waals surface area (Å²) in [5.74, 6) is 0. The Balaban J connectivity index is 2.50. The van der Waals surface area contributed by atoms with Crippen molar-refractivity contribution in [3.05, 3.63) is 35.9 Å². The zero-order valence-corrected chi connectivity index (χ0v) is 12.4. The van der Waals surface area contributed by atoms with E-state index in [0.717, 1.165) is 12.0 Å². The predicted molar refractivity (Wildman–Crippen MR) is 76.3 cm³/mol. The Morgan fingerprint density at radius 3 is 2.11 bits per heavy atom. The van der Waals surface area contributed by atoms with E-state index in [-0.39, 0.29) is 11.6 Å². The summed E-state index contributed by atoms with van der Waals surface area (Å²) < 4.78 is 0. The molecule has 0 amide bonds. The van der Waals surface area contributed by atoms with Gasteiger partial charge in [-0.05, 0) is 24.8 Å². The van der Waals surface area contributed by atoms with E-state index in [2.05, 4.69) is 39.9 Å². The summed E-state index contributed by atoms with van der Waals surface area (Å²) in [7, 11) is 0. The molecule has 0 aromatic heterocycles. The van der Waals surface area contributed by atoms with E-state index in [1.54, 1.807) is 0 Å². The summed E-state index contributed by atoms with van der Waals surface area (Å²) in [4.78, 5) is 0. The molecule has 0 spiro atoms. The topological polar surface area (TPSA) is 36.8 Å². The summed E-state index contributed by atoms with van der Waals surface area (Å²) in [6.45, 7) is 12.0. The maximum atomic E-state index is 10.2. The SMILES string of the molecule is CC(C)(C)CC(C)(C)[NH2+]C[C@H](O)c1ccccc1. The van der Waals surface area contributed by atoms with Crippen molar-refractivity contribution in [2.24, 2.45) is 5.41 Å². The highest BCUT2D eigenvalue weighted by Gasteiger charge is 2.29. The predicted octanol–water partition coefficient (Wildman–Crippen LogP) is 2.50. The van der Waals surface area contributed by atoms with Crippen molar-refractivity contribution in [1.82, 2.24) is 0 Å². The van der Waals surface area contributed by atoms with Gasteiger partial charge in [0.25, 0.3) is 0 Å². The third-order valence-corrected chi connectivity index (χ3v) is 3.06. The molecule has 3 N–H and O–H groups in total. The van der Waals surface area contributed by atoms with Crippen LogP contribution in [0.15, 0.2) is 30.3 Å². The Bertz CT molecular complexity index is 351. The molecule has 1 aromatic carbocycles. The van der Waals surface area contributed by atoms with E-state index in [0.29, 0.717) is 12.0 Å². The largest absolute Gasteiger partial charge is 0.382 e. The van der Waals surface area contributed by atoms with Gasteiger partial charge in [0.15, 0.2) is 0 Å². The minimum Gasteiger partial charge on any atom is -0.382 e. The zero-order chi connectivity index (χ0) is 13.8. The molecule has 0 aliphatic heterocycles. The first-order chi connectivity index (χ1) is 8.20. The van der Waals surface area contributed by atoms with E-state index in [4.69, 9.17) is 0 Å². The molecular formula is C16H28NO+.